The number of unbranched alkanes of at least 4 members (excludes halogenated alkanes) is 15. The highest BCUT2D eigenvalue weighted by molar-refractivity contribution is 7.20. The molecule has 0 bridgehead atoms. The van der Waals surface area contributed by atoms with E-state index in [1.54, 1.807) is 0 Å². The number of nitrogens with zero attached hydrogens (tertiary/aromatic N) is 1. The summed E-state index contributed by atoms with van der Waals surface area (Å²) in [5.41, 5.74) is -29.1. The highest BCUT2D eigenvalue weighted by Gasteiger charge is 2.47. The number of halogens is 27. The number of rotatable bonds is 23. The van der Waals surface area contributed by atoms with E-state index in [1.807, 2.05) is 29.1 Å². The number of pyridine rings is 1. The van der Waals surface area contributed by atoms with Gasteiger partial charge in [-0.25, -0.2) is 0 Å². The molecule has 1 aromatic heterocycles. The minimum absolute atomic E-state index is 0.293. The third-order valence-corrected chi connectivity index (χ3v) is 14.7. The molecule has 90 heavy (non-hydrogen) atoms. The van der Waals surface area contributed by atoms with Crippen molar-refractivity contribution in [1.29, 1.82) is 0 Å². The summed E-state index contributed by atoms with van der Waals surface area (Å²) in [6.07, 6.45) is -39.2. The summed E-state index contributed by atoms with van der Waals surface area (Å²) in [6, 6.07) is 3.59. The topological polar surface area (TPSA) is 13.1 Å². The Morgan fingerprint density at radius 1 is 0.278 bits per heavy atom. The number of fused-ring (bicyclic) bond motifs is 1. The zero-order chi connectivity index (χ0) is 67.5. The van der Waals surface area contributed by atoms with Crippen LogP contribution in [0.3, 0.4) is 0 Å². The fraction of sp³-hybridized carbons (Fsp3) is 0.450. The summed E-state index contributed by atoms with van der Waals surface area (Å²) in [5.74, 6) is 0. The van der Waals surface area contributed by atoms with Gasteiger partial charge in [-0.1, -0.05) is 144 Å². The molecule has 0 unspecified atom stereocenters. The average Bonchev–Trinajstić information content (AvgIpc) is 0.710. The number of benzene rings is 5. The zero-order valence-electron chi connectivity index (χ0n) is 46.8. The van der Waals surface area contributed by atoms with Gasteiger partial charge in [-0.3, -0.25) is 4.84 Å². The molecule has 0 aliphatic rings. The van der Waals surface area contributed by atoms with Crippen LogP contribution in [0.1, 0.15) is 154 Å². The SMILES string of the molecule is FC(F)(F)CCCCCCCCCCCCCCCCCCO[n+]1cccc2ccccc21.FC(F)(F)c1cc([B-](c2cc(C(F)(F)F)cc(C(F)(F)F)c2)(c2cc(C(F)(F)F)cc(C(F)(F)F)c2)c2cc(C(F)(F)F)cc(C(F)(F)F)c2)cc(C(F)(F)F)c1. The molecule has 6 aromatic rings. The van der Waals surface area contributed by atoms with Crippen LogP contribution in [0.5, 0.6) is 0 Å². The van der Waals surface area contributed by atoms with Crippen LogP contribution in [0.15, 0.2) is 115 Å². The van der Waals surface area contributed by atoms with E-state index in [4.69, 9.17) is 4.84 Å². The van der Waals surface area contributed by atoms with Crippen molar-refractivity contribution in [3.8, 4) is 0 Å². The average molecular weight is 1330 g/mol. The van der Waals surface area contributed by atoms with E-state index in [0.717, 1.165) is 37.8 Å². The molecule has 0 atom stereocenters. The molecule has 0 fully saturated rings. The first-order chi connectivity index (χ1) is 41.3. The van der Waals surface area contributed by atoms with Crippen molar-refractivity contribution in [3.05, 3.63) is 160 Å². The predicted octanol–water partition coefficient (Wildman–Crippen LogP) is 20.0. The molecule has 6 rings (SSSR count). The van der Waals surface area contributed by atoms with Gasteiger partial charge in [0.15, 0.2) is 6.61 Å². The highest BCUT2D eigenvalue weighted by Crippen LogP contribution is 2.42. The van der Waals surface area contributed by atoms with Crippen molar-refractivity contribution in [2.75, 3.05) is 6.61 Å². The number of hydrogen-bond donors (Lipinski definition) is 0. The molecule has 498 valence electrons. The first-order valence-electron chi connectivity index (χ1n) is 27.8. The summed E-state index contributed by atoms with van der Waals surface area (Å²) in [4.78, 5) is 5.93. The first kappa shape index (κ1) is 74.2. The quantitative estimate of drug-likeness (QED) is 0.0270. The van der Waals surface area contributed by atoms with Gasteiger partial charge in [0, 0.05) is 23.3 Å². The molecular formula is C60H55BF27NO. The lowest BCUT2D eigenvalue weighted by molar-refractivity contribution is -0.871. The maximum Gasteiger partial charge on any atom is 0.416 e. The van der Waals surface area contributed by atoms with Gasteiger partial charge >= 0.3 is 55.6 Å². The van der Waals surface area contributed by atoms with Crippen LogP contribution < -0.4 is 31.4 Å². The molecule has 0 aliphatic heterocycles. The fourth-order valence-corrected chi connectivity index (χ4v) is 10.4. The van der Waals surface area contributed by atoms with Crippen molar-refractivity contribution in [2.24, 2.45) is 0 Å². The van der Waals surface area contributed by atoms with Crippen LogP contribution in [0.25, 0.3) is 10.9 Å². The van der Waals surface area contributed by atoms with Crippen LogP contribution in [0.2, 0.25) is 0 Å². The van der Waals surface area contributed by atoms with Gasteiger partial charge in [-0.15, -0.1) is 0 Å². The molecule has 2 nitrogen and oxygen atoms in total. The second kappa shape index (κ2) is 29.4. The summed E-state index contributed by atoms with van der Waals surface area (Å²) in [7, 11) is 0. The normalized spacial score (nSPS) is 13.4. The molecule has 30 heteroatoms. The zero-order valence-corrected chi connectivity index (χ0v) is 46.8. The van der Waals surface area contributed by atoms with Crippen LogP contribution in [-0.2, 0) is 49.4 Å². The van der Waals surface area contributed by atoms with Gasteiger partial charge in [0.05, 0.1) is 49.9 Å². The van der Waals surface area contributed by atoms with Gasteiger partial charge in [0.1, 0.15) is 6.15 Å². The number of hydrogen-bond acceptors (Lipinski definition) is 1. The minimum atomic E-state index is -6.13. The van der Waals surface area contributed by atoms with Crippen molar-refractivity contribution in [3.63, 3.8) is 0 Å². The van der Waals surface area contributed by atoms with Crippen LogP contribution in [-0.4, -0.2) is 18.9 Å². The lowest BCUT2D eigenvalue weighted by atomic mass is 9.12. The standard InChI is InChI=1S/C32H12BF24.C28H43F3NO/c34-25(35,36)13-1-14(26(37,38)39)6-21(5-13)33(22-7-15(27(40,41)42)2-16(8-22)28(43,44)45,23-9-17(29(46,47)48)3-18(10-23)30(49,50)51)24-11-19(31(52,53)54)4-20(12-24)32(55,56)57;29-28(30,31)23-17-13-11-9-7-5-3-1-2-4-6-8-10-12-14-18-25-33-32-24-19-21-26-20-15-16-22-27(26)32/h1-12H;15-16,19-22,24H,1-14,17-18,23,25H2/q-1;+1. The molecule has 5 aromatic carbocycles. The largest absolute Gasteiger partial charge is 0.416 e. The molecule has 1 heterocycles. The third kappa shape index (κ3) is 21.3. The number of aromatic nitrogens is 1. The molecule has 0 N–H and O–H groups in total. The Hall–Kier alpha value is -6.52. The Morgan fingerprint density at radius 2 is 0.511 bits per heavy atom. The molecule has 0 saturated heterocycles. The number of alkyl halides is 27. The molecule has 0 amide bonds. The van der Waals surface area contributed by atoms with E-state index in [-0.39, 0.29) is 0 Å². The lowest BCUT2D eigenvalue weighted by Gasteiger charge is -2.46. The van der Waals surface area contributed by atoms with Crippen LogP contribution in [0.4, 0.5) is 119 Å². The van der Waals surface area contributed by atoms with Gasteiger partial charge in [-0.05, 0) is 55.7 Å². The summed E-state index contributed by atoms with van der Waals surface area (Å²) in [5, 5.41) is 1.19. The second-order valence-corrected chi connectivity index (χ2v) is 21.5. The Morgan fingerprint density at radius 3 is 0.767 bits per heavy atom. The molecule has 0 spiro atoms. The molecule has 0 saturated carbocycles. The van der Waals surface area contributed by atoms with Crippen LogP contribution >= 0.6 is 0 Å². The Balaban J connectivity index is 0.000000378. The second-order valence-electron chi connectivity index (χ2n) is 21.5. The molecule has 0 aliphatic carbocycles. The van der Waals surface area contributed by atoms with Gasteiger partial charge in [-0.2, -0.15) is 140 Å². The van der Waals surface area contributed by atoms with E-state index >= 15 is 0 Å². The van der Waals surface area contributed by atoms with E-state index < -0.39 is 207 Å². The van der Waals surface area contributed by atoms with Crippen molar-refractivity contribution < 1.29 is 128 Å². The summed E-state index contributed by atoms with van der Waals surface area (Å²) < 4.78 is 379. The Kier molecular flexibility index (Phi) is 24.2. The maximum absolute atomic E-state index is 14.2. The van der Waals surface area contributed by atoms with Crippen molar-refractivity contribution in [1.82, 2.24) is 0 Å². The monoisotopic (exact) mass is 1330 g/mol. The molecule has 0 radical (unpaired) electrons. The van der Waals surface area contributed by atoms with Gasteiger partial charge in [0.2, 0.25) is 6.20 Å². The highest BCUT2D eigenvalue weighted by atomic mass is 19.4. The predicted molar refractivity (Wildman–Crippen MR) is 280 cm³/mol. The smallest absolute Gasteiger partial charge is 0.271 e. The van der Waals surface area contributed by atoms with Gasteiger partial charge in [0.25, 0.3) is 5.52 Å². The fourth-order valence-electron chi connectivity index (χ4n) is 10.4. The van der Waals surface area contributed by atoms with E-state index in [2.05, 4.69) is 18.2 Å². The van der Waals surface area contributed by atoms with E-state index in [0.29, 0.717) is 6.42 Å². The molecular weight excluding hydrogens is 1270 g/mol. The Labute approximate surface area is 497 Å². The van der Waals surface area contributed by atoms with Crippen molar-refractivity contribution in [2.45, 2.75) is 165 Å². The summed E-state index contributed by atoms with van der Waals surface area (Å²) in [6.45, 7) is 0.756. The van der Waals surface area contributed by atoms with E-state index in [1.165, 1.54) is 76.0 Å². The Bertz CT molecular complexity index is 2830. The number of para-hydroxylation sites is 1. The van der Waals surface area contributed by atoms with E-state index in [9.17, 15) is 119 Å². The maximum atomic E-state index is 14.2. The first-order valence-corrected chi connectivity index (χ1v) is 27.8. The summed E-state index contributed by atoms with van der Waals surface area (Å²) >= 11 is 0. The van der Waals surface area contributed by atoms with Gasteiger partial charge < -0.3 is 0 Å². The minimum Gasteiger partial charge on any atom is -0.271 e. The lowest BCUT2D eigenvalue weighted by Crippen LogP contribution is -2.75. The van der Waals surface area contributed by atoms with Crippen molar-refractivity contribution >= 4 is 38.9 Å². The third-order valence-electron chi connectivity index (χ3n) is 14.7. The van der Waals surface area contributed by atoms with Crippen LogP contribution in [0, 0.1) is 0 Å².